The van der Waals surface area contributed by atoms with Crippen LogP contribution in [-0.2, 0) is 11.3 Å². The Morgan fingerprint density at radius 1 is 1.33 bits per heavy atom. The van der Waals surface area contributed by atoms with Gasteiger partial charge in [-0.2, -0.15) is 0 Å². The zero-order valence-corrected chi connectivity index (χ0v) is 12.0. The van der Waals surface area contributed by atoms with Crippen molar-refractivity contribution in [2.24, 2.45) is 0 Å². The van der Waals surface area contributed by atoms with Crippen LogP contribution < -0.4 is 15.0 Å². The third-order valence-corrected chi connectivity index (χ3v) is 3.49. The molecule has 0 bridgehead atoms. The maximum absolute atomic E-state index is 12.4. The largest absolute Gasteiger partial charge is 0.479 e. The van der Waals surface area contributed by atoms with Crippen molar-refractivity contribution >= 4 is 17.4 Å². The first-order valence-corrected chi connectivity index (χ1v) is 6.89. The number of ether oxygens (including phenoxy) is 1. The highest BCUT2D eigenvalue weighted by Crippen LogP contribution is 2.34. The van der Waals surface area contributed by atoms with Crippen LogP contribution in [0.1, 0.15) is 12.5 Å². The Morgan fingerprint density at radius 3 is 2.95 bits per heavy atom. The average Bonchev–Trinajstić information content (AvgIpc) is 2.52. The Hall–Kier alpha value is -2.56. The minimum atomic E-state index is -0.467. The van der Waals surface area contributed by atoms with Gasteiger partial charge in [0.15, 0.2) is 6.10 Å². The molecule has 108 valence electrons. The Kier molecular flexibility index (Phi) is 3.48. The van der Waals surface area contributed by atoms with Crippen molar-refractivity contribution in [1.82, 2.24) is 4.98 Å². The van der Waals surface area contributed by atoms with Gasteiger partial charge in [0, 0.05) is 13.2 Å². The highest BCUT2D eigenvalue weighted by molar-refractivity contribution is 5.99. The predicted octanol–water partition coefficient (Wildman–Crippen LogP) is 2.44. The minimum absolute atomic E-state index is 0.0310. The summed E-state index contributed by atoms with van der Waals surface area (Å²) < 4.78 is 5.64. The molecule has 1 atom stereocenters. The number of nitrogens with one attached hydrogen (secondary N) is 1. The standard InChI is InChI=1S/C16H17N3O2/c1-11-16(20)19(13-5-3-4-6-14(13)21-11)10-12-7-8-18-15(9-12)17-2/h3-9,11H,10H2,1-2H3,(H,17,18). The molecule has 1 aliphatic heterocycles. The molecule has 5 nitrogen and oxygen atoms in total. The van der Waals surface area contributed by atoms with Crippen molar-refractivity contribution in [2.75, 3.05) is 17.3 Å². The lowest BCUT2D eigenvalue weighted by molar-refractivity contribution is -0.125. The molecule has 1 aromatic heterocycles. The lowest BCUT2D eigenvalue weighted by Gasteiger charge is -2.33. The Labute approximate surface area is 123 Å². The van der Waals surface area contributed by atoms with E-state index in [2.05, 4.69) is 10.3 Å². The highest BCUT2D eigenvalue weighted by Gasteiger charge is 2.31. The second kappa shape index (κ2) is 5.44. The van der Waals surface area contributed by atoms with E-state index in [1.54, 1.807) is 18.0 Å². The molecule has 1 N–H and O–H groups in total. The molecular weight excluding hydrogens is 266 g/mol. The molecule has 2 aromatic rings. The van der Waals surface area contributed by atoms with Gasteiger partial charge >= 0.3 is 0 Å². The molecule has 1 amide bonds. The normalized spacial score (nSPS) is 17.1. The molecule has 0 fully saturated rings. The zero-order valence-electron chi connectivity index (χ0n) is 12.0. The third kappa shape index (κ3) is 2.54. The average molecular weight is 283 g/mol. The van der Waals surface area contributed by atoms with Crippen molar-refractivity contribution in [1.29, 1.82) is 0 Å². The molecule has 0 spiro atoms. The summed E-state index contributed by atoms with van der Waals surface area (Å²) in [5, 5.41) is 3.00. The molecular formula is C16H17N3O2. The number of aromatic nitrogens is 1. The van der Waals surface area contributed by atoms with Gasteiger partial charge in [0.05, 0.1) is 12.2 Å². The van der Waals surface area contributed by atoms with Crippen molar-refractivity contribution in [2.45, 2.75) is 19.6 Å². The fraction of sp³-hybridized carbons (Fsp3) is 0.250. The first-order chi connectivity index (χ1) is 10.2. The van der Waals surface area contributed by atoms with Gasteiger partial charge in [0.25, 0.3) is 5.91 Å². The lowest BCUT2D eigenvalue weighted by atomic mass is 10.1. The molecule has 1 aliphatic rings. The topological polar surface area (TPSA) is 54.5 Å². The first kappa shape index (κ1) is 13.4. The number of para-hydroxylation sites is 2. The van der Waals surface area contributed by atoms with Crippen molar-refractivity contribution in [3.05, 3.63) is 48.2 Å². The Morgan fingerprint density at radius 2 is 2.14 bits per heavy atom. The molecule has 5 heteroatoms. The first-order valence-electron chi connectivity index (χ1n) is 6.89. The number of anilines is 2. The molecule has 0 radical (unpaired) electrons. The SMILES string of the molecule is CNc1cc(CN2C(=O)C(C)Oc3ccccc32)ccn1. The van der Waals surface area contributed by atoms with Gasteiger partial charge in [0.2, 0.25) is 0 Å². The summed E-state index contributed by atoms with van der Waals surface area (Å²) in [7, 11) is 1.82. The van der Waals surface area contributed by atoms with Crippen LogP contribution in [0.2, 0.25) is 0 Å². The molecule has 0 saturated carbocycles. The van der Waals surface area contributed by atoms with Crippen LogP contribution in [0.5, 0.6) is 5.75 Å². The van der Waals surface area contributed by atoms with Crippen molar-refractivity contribution in [3.8, 4) is 5.75 Å². The number of nitrogens with zero attached hydrogens (tertiary/aromatic N) is 2. The van der Waals surface area contributed by atoms with E-state index in [1.165, 1.54) is 0 Å². The van der Waals surface area contributed by atoms with E-state index in [0.717, 1.165) is 22.8 Å². The summed E-state index contributed by atoms with van der Waals surface area (Å²) in [6, 6.07) is 11.5. The number of hydrogen-bond acceptors (Lipinski definition) is 4. The number of carbonyl (C=O) groups excluding carboxylic acids is 1. The van der Waals surface area contributed by atoms with Crippen LogP contribution in [0.15, 0.2) is 42.6 Å². The maximum atomic E-state index is 12.4. The highest BCUT2D eigenvalue weighted by atomic mass is 16.5. The fourth-order valence-corrected chi connectivity index (χ4v) is 2.41. The van der Waals surface area contributed by atoms with E-state index in [1.807, 2.05) is 43.4 Å². The second-order valence-electron chi connectivity index (χ2n) is 4.95. The number of pyridine rings is 1. The summed E-state index contributed by atoms with van der Waals surface area (Å²) >= 11 is 0. The van der Waals surface area contributed by atoms with Crippen LogP contribution in [-0.4, -0.2) is 24.0 Å². The molecule has 0 aliphatic carbocycles. The molecule has 2 heterocycles. The van der Waals surface area contributed by atoms with Gasteiger partial charge in [-0.25, -0.2) is 4.98 Å². The molecule has 3 rings (SSSR count). The van der Waals surface area contributed by atoms with E-state index in [9.17, 15) is 4.79 Å². The molecule has 1 unspecified atom stereocenters. The van der Waals surface area contributed by atoms with Gasteiger partial charge in [0.1, 0.15) is 11.6 Å². The monoisotopic (exact) mass is 283 g/mol. The van der Waals surface area contributed by atoms with Crippen LogP contribution in [0.3, 0.4) is 0 Å². The van der Waals surface area contributed by atoms with E-state index >= 15 is 0 Å². The summed E-state index contributed by atoms with van der Waals surface area (Å²) in [4.78, 5) is 18.4. The summed E-state index contributed by atoms with van der Waals surface area (Å²) in [5.41, 5.74) is 1.83. The van der Waals surface area contributed by atoms with Crippen LogP contribution >= 0.6 is 0 Å². The van der Waals surface area contributed by atoms with Crippen molar-refractivity contribution in [3.63, 3.8) is 0 Å². The van der Waals surface area contributed by atoms with Crippen molar-refractivity contribution < 1.29 is 9.53 Å². The minimum Gasteiger partial charge on any atom is -0.479 e. The lowest BCUT2D eigenvalue weighted by Crippen LogP contribution is -2.43. The number of carbonyl (C=O) groups is 1. The smallest absolute Gasteiger partial charge is 0.268 e. The molecule has 1 aromatic carbocycles. The van der Waals surface area contributed by atoms with Gasteiger partial charge in [-0.1, -0.05) is 12.1 Å². The van der Waals surface area contributed by atoms with Gasteiger partial charge in [-0.05, 0) is 36.8 Å². The molecule has 21 heavy (non-hydrogen) atoms. The maximum Gasteiger partial charge on any atom is 0.268 e. The number of fused-ring (bicyclic) bond motifs is 1. The third-order valence-electron chi connectivity index (χ3n) is 3.49. The second-order valence-corrected chi connectivity index (χ2v) is 4.95. The summed E-state index contributed by atoms with van der Waals surface area (Å²) in [6.45, 7) is 2.28. The molecule has 0 saturated heterocycles. The van der Waals surface area contributed by atoms with Gasteiger partial charge in [-0.15, -0.1) is 0 Å². The summed E-state index contributed by atoms with van der Waals surface area (Å²) in [5.74, 6) is 1.50. The summed E-state index contributed by atoms with van der Waals surface area (Å²) in [6.07, 6.45) is 1.27. The van der Waals surface area contributed by atoms with Gasteiger partial charge in [-0.3, -0.25) is 4.79 Å². The Balaban J connectivity index is 1.94. The number of hydrogen-bond donors (Lipinski definition) is 1. The van der Waals surface area contributed by atoms with E-state index < -0.39 is 6.10 Å². The quantitative estimate of drug-likeness (QED) is 0.940. The van der Waals surface area contributed by atoms with E-state index in [4.69, 9.17) is 4.74 Å². The van der Waals surface area contributed by atoms with Crippen LogP contribution in [0, 0.1) is 0 Å². The van der Waals surface area contributed by atoms with Gasteiger partial charge < -0.3 is 15.0 Å². The van der Waals surface area contributed by atoms with Crippen LogP contribution in [0.25, 0.3) is 0 Å². The van der Waals surface area contributed by atoms with Crippen LogP contribution in [0.4, 0.5) is 11.5 Å². The Bertz CT molecular complexity index is 672. The van der Waals surface area contributed by atoms with E-state index in [-0.39, 0.29) is 5.91 Å². The number of rotatable bonds is 3. The number of benzene rings is 1. The fourth-order valence-electron chi connectivity index (χ4n) is 2.41. The number of amides is 1. The predicted molar refractivity (Wildman–Crippen MR) is 81.5 cm³/mol. The van der Waals surface area contributed by atoms with E-state index in [0.29, 0.717) is 6.54 Å². The zero-order chi connectivity index (χ0) is 14.8.